The number of carbonyl (C=O) groups is 2. The van der Waals surface area contributed by atoms with E-state index >= 15 is 0 Å². The molecule has 0 saturated heterocycles. The third-order valence-corrected chi connectivity index (χ3v) is 1.64. The Hall–Kier alpha value is -1.06. The molecule has 4 heteroatoms. The molecule has 0 aromatic rings. The van der Waals surface area contributed by atoms with Gasteiger partial charge in [-0.25, -0.2) is 0 Å². The van der Waals surface area contributed by atoms with Crippen LogP contribution in [0.25, 0.3) is 0 Å². The van der Waals surface area contributed by atoms with Crippen LogP contribution in [0.1, 0.15) is 39.5 Å². The third kappa shape index (κ3) is 9.25. The lowest BCUT2D eigenvalue weighted by Gasteiger charge is -2.02. The van der Waals surface area contributed by atoms with Crippen LogP contribution in [-0.2, 0) is 19.1 Å². The highest BCUT2D eigenvalue weighted by Gasteiger charge is 2.04. The van der Waals surface area contributed by atoms with Crippen LogP contribution in [0.3, 0.4) is 0 Å². The average molecular weight is 215 g/mol. The standard InChI is InChI=1S/C11H19O4/c1-3-9-15-11(13)8-6-5-7-10(12)14-4-2/h6H,3-5,7-9H2,1-2H3. The van der Waals surface area contributed by atoms with Gasteiger partial charge in [0.1, 0.15) is 0 Å². The fourth-order valence-corrected chi connectivity index (χ4v) is 0.948. The van der Waals surface area contributed by atoms with Crippen LogP contribution in [0, 0.1) is 6.42 Å². The molecular weight excluding hydrogens is 196 g/mol. The zero-order valence-corrected chi connectivity index (χ0v) is 9.45. The molecule has 0 saturated carbocycles. The first-order valence-electron chi connectivity index (χ1n) is 5.33. The molecule has 0 fully saturated rings. The van der Waals surface area contributed by atoms with Gasteiger partial charge in [-0.3, -0.25) is 9.59 Å². The van der Waals surface area contributed by atoms with Gasteiger partial charge in [-0.2, -0.15) is 0 Å². The molecule has 0 amide bonds. The summed E-state index contributed by atoms with van der Waals surface area (Å²) in [4.78, 5) is 21.9. The maximum atomic E-state index is 11.0. The van der Waals surface area contributed by atoms with Crippen molar-refractivity contribution in [1.82, 2.24) is 0 Å². The lowest BCUT2D eigenvalue weighted by molar-refractivity contribution is -0.144. The first-order chi connectivity index (χ1) is 7.20. The Morgan fingerprint density at radius 1 is 1.13 bits per heavy atom. The van der Waals surface area contributed by atoms with Crippen LogP contribution in [0.5, 0.6) is 0 Å². The lowest BCUT2D eigenvalue weighted by atomic mass is 10.2. The Balaban J connectivity index is 3.30. The second-order valence-corrected chi connectivity index (χ2v) is 3.06. The number of carbonyl (C=O) groups excluding carboxylic acids is 2. The maximum Gasteiger partial charge on any atom is 0.306 e. The van der Waals surface area contributed by atoms with Crippen molar-refractivity contribution in [2.75, 3.05) is 13.2 Å². The molecule has 87 valence electrons. The first-order valence-corrected chi connectivity index (χ1v) is 5.33. The molecule has 0 aliphatic carbocycles. The molecule has 0 aromatic heterocycles. The normalized spacial score (nSPS) is 9.73. The van der Waals surface area contributed by atoms with Gasteiger partial charge < -0.3 is 9.47 Å². The molecule has 0 spiro atoms. The Bertz CT molecular complexity index is 189. The molecule has 0 aliphatic rings. The molecule has 0 N–H and O–H groups in total. The quantitative estimate of drug-likeness (QED) is 0.458. The summed E-state index contributed by atoms with van der Waals surface area (Å²) in [5, 5.41) is 0. The van der Waals surface area contributed by atoms with Gasteiger partial charge in [-0.1, -0.05) is 6.92 Å². The minimum atomic E-state index is -0.235. The summed E-state index contributed by atoms with van der Waals surface area (Å²) in [7, 11) is 0. The van der Waals surface area contributed by atoms with Crippen LogP contribution in [0.2, 0.25) is 0 Å². The van der Waals surface area contributed by atoms with E-state index in [2.05, 4.69) is 0 Å². The molecule has 0 atom stereocenters. The topological polar surface area (TPSA) is 52.6 Å². The molecular formula is C11H19O4. The van der Waals surface area contributed by atoms with E-state index < -0.39 is 0 Å². The number of unbranched alkanes of at least 4 members (excludes halogenated alkanes) is 1. The van der Waals surface area contributed by atoms with Crippen molar-refractivity contribution in [2.45, 2.75) is 39.5 Å². The van der Waals surface area contributed by atoms with Crippen molar-refractivity contribution in [1.29, 1.82) is 0 Å². The Morgan fingerprint density at radius 2 is 1.87 bits per heavy atom. The highest BCUT2D eigenvalue weighted by Crippen LogP contribution is 2.01. The first kappa shape index (κ1) is 13.9. The number of hydrogen-bond acceptors (Lipinski definition) is 4. The largest absolute Gasteiger partial charge is 0.466 e. The summed E-state index contributed by atoms with van der Waals surface area (Å²) in [6.07, 6.45) is 3.72. The number of ether oxygens (including phenoxy) is 2. The molecule has 0 rings (SSSR count). The Labute approximate surface area is 90.9 Å². The highest BCUT2D eigenvalue weighted by atomic mass is 16.5. The predicted molar refractivity (Wildman–Crippen MR) is 56.0 cm³/mol. The van der Waals surface area contributed by atoms with E-state index in [-0.39, 0.29) is 18.4 Å². The maximum absolute atomic E-state index is 11.0. The lowest BCUT2D eigenvalue weighted by Crippen LogP contribution is -2.07. The highest BCUT2D eigenvalue weighted by molar-refractivity contribution is 5.71. The van der Waals surface area contributed by atoms with Crippen molar-refractivity contribution in [3.05, 3.63) is 6.42 Å². The van der Waals surface area contributed by atoms with E-state index in [1.807, 2.05) is 6.92 Å². The second-order valence-electron chi connectivity index (χ2n) is 3.06. The summed E-state index contributed by atoms with van der Waals surface area (Å²) in [5.41, 5.74) is 0. The van der Waals surface area contributed by atoms with Gasteiger partial charge in [0.05, 0.1) is 13.2 Å². The SMILES string of the molecule is CCCOC(=O)C[CH]CCC(=O)OCC. The zero-order valence-electron chi connectivity index (χ0n) is 9.45. The summed E-state index contributed by atoms with van der Waals surface area (Å²) in [6, 6.07) is 0. The Kier molecular flexibility index (Phi) is 8.82. The summed E-state index contributed by atoms with van der Waals surface area (Å²) in [6.45, 7) is 4.57. The summed E-state index contributed by atoms with van der Waals surface area (Å²) < 4.78 is 9.60. The smallest absolute Gasteiger partial charge is 0.306 e. The minimum absolute atomic E-state index is 0.226. The fraction of sp³-hybridized carbons (Fsp3) is 0.727. The van der Waals surface area contributed by atoms with Crippen LogP contribution in [0.15, 0.2) is 0 Å². The molecule has 0 aromatic carbocycles. The molecule has 0 unspecified atom stereocenters. The van der Waals surface area contributed by atoms with Gasteiger partial charge >= 0.3 is 11.9 Å². The number of rotatable bonds is 8. The van der Waals surface area contributed by atoms with Gasteiger partial charge in [0.15, 0.2) is 0 Å². The van der Waals surface area contributed by atoms with E-state index in [9.17, 15) is 9.59 Å². The van der Waals surface area contributed by atoms with E-state index in [4.69, 9.17) is 9.47 Å². The minimum Gasteiger partial charge on any atom is -0.466 e. The van der Waals surface area contributed by atoms with Gasteiger partial charge in [-0.05, 0) is 26.2 Å². The summed E-state index contributed by atoms with van der Waals surface area (Å²) >= 11 is 0. The fourth-order valence-electron chi connectivity index (χ4n) is 0.948. The molecule has 0 heterocycles. The van der Waals surface area contributed by atoms with Crippen LogP contribution in [0.4, 0.5) is 0 Å². The van der Waals surface area contributed by atoms with Crippen molar-refractivity contribution in [3.63, 3.8) is 0 Å². The van der Waals surface area contributed by atoms with Crippen molar-refractivity contribution >= 4 is 11.9 Å². The predicted octanol–water partition coefficient (Wildman–Crippen LogP) is 1.88. The molecule has 0 bridgehead atoms. The van der Waals surface area contributed by atoms with Crippen molar-refractivity contribution < 1.29 is 19.1 Å². The molecule has 4 nitrogen and oxygen atoms in total. The van der Waals surface area contributed by atoms with Gasteiger partial charge in [0.25, 0.3) is 0 Å². The number of hydrogen-bond donors (Lipinski definition) is 0. The Morgan fingerprint density at radius 3 is 2.47 bits per heavy atom. The monoisotopic (exact) mass is 215 g/mol. The second kappa shape index (κ2) is 9.49. The van der Waals surface area contributed by atoms with E-state index in [1.54, 1.807) is 13.3 Å². The number of esters is 2. The van der Waals surface area contributed by atoms with Crippen molar-refractivity contribution in [3.8, 4) is 0 Å². The van der Waals surface area contributed by atoms with E-state index in [0.29, 0.717) is 26.1 Å². The van der Waals surface area contributed by atoms with Crippen LogP contribution >= 0.6 is 0 Å². The van der Waals surface area contributed by atoms with Gasteiger partial charge in [0.2, 0.25) is 0 Å². The van der Waals surface area contributed by atoms with Gasteiger partial charge in [-0.15, -0.1) is 0 Å². The molecule has 1 radical (unpaired) electrons. The molecule has 0 aliphatic heterocycles. The zero-order chi connectivity index (χ0) is 11.5. The van der Waals surface area contributed by atoms with Crippen LogP contribution in [-0.4, -0.2) is 25.2 Å². The van der Waals surface area contributed by atoms with Crippen molar-refractivity contribution in [2.24, 2.45) is 0 Å². The van der Waals surface area contributed by atoms with Gasteiger partial charge in [0, 0.05) is 12.8 Å². The van der Waals surface area contributed by atoms with Crippen LogP contribution < -0.4 is 0 Å². The molecule has 15 heavy (non-hydrogen) atoms. The van der Waals surface area contributed by atoms with E-state index in [1.165, 1.54) is 0 Å². The average Bonchev–Trinajstić information content (AvgIpc) is 2.22. The summed E-state index contributed by atoms with van der Waals surface area (Å²) in [5.74, 6) is -0.462. The third-order valence-electron chi connectivity index (χ3n) is 1.64. The van der Waals surface area contributed by atoms with E-state index in [0.717, 1.165) is 6.42 Å².